The van der Waals surface area contributed by atoms with E-state index in [0.717, 1.165) is 17.8 Å². The molecule has 1 atom stereocenters. The molecule has 0 aromatic carbocycles. The third-order valence-electron chi connectivity index (χ3n) is 4.73. The van der Waals surface area contributed by atoms with Crippen LogP contribution in [0.2, 0.25) is 0 Å². The molecule has 0 heterocycles. The smallest absolute Gasteiger partial charge is 0.0158 e. The highest BCUT2D eigenvalue weighted by molar-refractivity contribution is 7.99. The maximum Gasteiger partial charge on any atom is 0.0158 e. The van der Waals surface area contributed by atoms with Gasteiger partial charge in [0.2, 0.25) is 0 Å². The Balaban J connectivity index is 1.96. The fourth-order valence-electron chi connectivity index (χ4n) is 3.36. The average molecular weight is 314 g/mol. The van der Waals surface area contributed by atoms with Crippen molar-refractivity contribution >= 4 is 11.8 Å². The number of rotatable bonds is 14. The summed E-state index contributed by atoms with van der Waals surface area (Å²) in [5, 5.41) is 4.68. The van der Waals surface area contributed by atoms with E-state index in [4.69, 9.17) is 0 Å². The van der Waals surface area contributed by atoms with Crippen molar-refractivity contribution in [2.45, 2.75) is 109 Å². The molecular weight excluding hydrogens is 274 g/mol. The Kier molecular flexibility index (Phi) is 12.8. The van der Waals surface area contributed by atoms with Crippen molar-refractivity contribution in [3.63, 3.8) is 0 Å². The first kappa shape index (κ1) is 19.4. The molecule has 1 N–H and O–H groups in total. The second-order valence-corrected chi connectivity index (χ2v) is 8.09. The molecule has 0 bridgehead atoms. The fraction of sp³-hybridized carbons (Fsp3) is 1.00. The Hall–Kier alpha value is 0.310. The SMILES string of the molecule is CCCCCCCCCCC(CSC1CCCC1)NCC. The summed E-state index contributed by atoms with van der Waals surface area (Å²) < 4.78 is 0. The van der Waals surface area contributed by atoms with Crippen LogP contribution in [-0.2, 0) is 0 Å². The standard InChI is InChI=1S/C19H39NS/c1-3-5-6-7-8-9-10-11-14-18(20-4-2)17-21-19-15-12-13-16-19/h18-20H,3-17H2,1-2H3. The van der Waals surface area contributed by atoms with E-state index in [1.807, 2.05) is 0 Å². The van der Waals surface area contributed by atoms with Gasteiger partial charge in [-0.05, 0) is 25.8 Å². The van der Waals surface area contributed by atoms with Crippen LogP contribution >= 0.6 is 11.8 Å². The highest BCUT2D eigenvalue weighted by Gasteiger charge is 2.17. The molecule has 0 aliphatic heterocycles. The molecule has 1 aliphatic rings. The number of unbranched alkanes of at least 4 members (excludes halogenated alkanes) is 7. The first-order valence-electron chi connectivity index (χ1n) is 9.71. The van der Waals surface area contributed by atoms with Gasteiger partial charge in [-0.25, -0.2) is 0 Å². The predicted molar refractivity (Wildman–Crippen MR) is 99.4 cm³/mol. The van der Waals surface area contributed by atoms with E-state index >= 15 is 0 Å². The van der Waals surface area contributed by atoms with Gasteiger partial charge in [-0.1, -0.05) is 78.1 Å². The highest BCUT2D eigenvalue weighted by Crippen LogP contribution is 2.30. The predicted octanol–water partition coefficient (Wildman–Crippen LogP) is 6.17. The van der Waals surface area contributed by atoms with Gasteiger partial charge in [0.15, 0.2) is 0 Å². The molecule has 2 heteroatoms. The second-order valence-electron chi connectivity index (χ2n) is 6.76. The lowest BCUT2D eigenvalue weighted by Crippen LogP contribution is -2.31. The van der Waals surface area contributed by atoms with Gasteiger partial charge in [0.25, 0.3) is 0 Å². The van der Waals surface area contributed by atoms with Gasteiger partial charge in [0.1, 0.15) is 0 Å². The Morgan fingerprint density at radius 1 is 0.905 bits per heavy atom. The largest absolute Gasteiger partial charge is 0.313 e. The van der Waals surface area contributed by atoms with Crippen molar-refractivity contribution in [2.24, 2.45) is 0 Å². The quantitative estimate of drug-likeness (QED) is 0.385. The Morgan fingerprint density at radius 2 is 1.52 bits per heavy atom. The molecule has 0 radical (unpaired) electrons. The number of hydrogen-bond acceptors (Lipinski definition) is 2. The molecule has 1 saturated carbocycles. The fourth-order valence-corrected chi connectivity index (χ4v) is 4.82. The summed E-state index contributed by atoms with van der Waals surface area (Å²) in [4.78, 5) is 0. The van der Waals surface area contributed by atoms with Crippen LogP contribution in [0.25, 0.3) is 0 Å². The van der Waals surface area contributed by atoms with Crippen LogP contribution in [0.5, 0.6) is 0 Å². The minimum Gasteiger partial charge on any atom is -0.313 e. The molecule has 21 heavy (non-hydrogen) atoms. The van der Waals surface area contributed by atoms with Crippen molar-refractivity contribution in [2.75, 3.05) is 12.3 Å². The Morgan fingerprint density at radius 3 is 2.14 bits per heavy atom. The molecule has 0 saturated heterocycles. The zero-order valence-electron chi connectivity index (χ0n) is 14.7. The molecule has 1 unspecified atom stereocenters. The first-order valence-corrected chi connectivity index (χ1v) is 10.8. The normalized spacial score (nSPS) is 17.4. The molecular formula is C19H39NS. The molecule has 1 aliphatic carbocycles. The van der Waals surface area contributed by atoms with Crippen LogP contribution in [0.4, 0.5) is 0 Å². The highest BCUT2D eigenvalue weighted by atomic mass is 32.2. The van der Waals surface area contributed by atoms with Gasteiger partial charge < -0.3 is 5.32 Å². The zero-order valence-corrected chi connectivity index (χ0v) is 15.5. The monoisotopic (exact) mass is 313 g/mol. The lowest BCUT2D eigenvalue weighted by atomic mass is 10.1. The van der Waals surface area contributed by atoms with E-state index in [1.54, 1.807) is 0 Å². The van der Waals surface area contributed by atoms with Gasteiger partial charge >= 0.3 is 0 Å². The summed E-state index contributed by atoms with van der Waals surface area (Å²) >= 11 is 2.25. The molecule has 0 spiro atoms. The third-order valence-corrected chi connectivity index (χ3v) is 6.27. The average Bonchev–Trinajstić information content (AvgIpc) is 3.00. The molecule has 1 nitrogen and oxygen atoms in total. The van der Waals surface area contributed by atoms with Crippen LogP contribution in [0, 0.1) is 0 Å². The summed E-state index contributed by atoms with van der Waals surface area (Å²) in [5.41, 5.74) is 0. The van der Waals surface area contributed by atoms with E-state index in [0.29, 0.717) is 0 Å². The van der Waals surface area contributed by atoms with Crippen molar-refractivity contribution < 1.29 is 0 Å². The topological polar surface area (TPSA) is 12.0 Å². The summed E-state index contributed by atoms with van der Waals surface area (Å²) in [5.74, 6) is 1.34. The molecule has 0 aromatic rings. The van der Waals surface area contributed by atoms with E-state index in [1.165, 1.54) is 89.2 Å². The molecule has 0 amide bonds. The number of thioether (sulfide) groups is 1. The molecule has 126 valence electrons. The van der Waals surface area contributed by atoms with Crippen molar-refractivity contribution in [1.29, 1.82) is 0 Å². The minimum absolute atomic E-state index is 0.765. The van der Waals surface area contributed by atoms with Crippen LogP contribution in [0.3, 0.4) is 0 Å². The lowest BCUT2D eigenvalue weighted by molar-refractivity contribution is 0.491. The van der Waals surface area contributed by atoms with Crippen molar-refractivity contribution in [3.8, 4) is 0 Å². The van der Waals surface area contributed by atoms with Gasteiger partial charge in [0.05, 0.1) is 0 Å². The Bertz CT molecular complexity index is 214. The minimum atomic E-state index is 0.765. The summed E-state index contributed by atoms with van der Waals surface area (Å²) in [6.45, 7) is 5.68. The Labute approximate surface area is 138 Å². The van der Waals surface area contributed by atoms with E-state index in [2.05, 4.69) is 30.9 Å². The van der Waals surface area contributed by atoms with Gasteiger partial charge in [0, 0.05) is 17.0 Å². The third kappa shape index (κ3) is 10.6. The number of nitrogens with one attached hydrogen (secondary N) is 1. The maximum absolute atomic E-state index is 3.70. The second kappa shape index (κ2) is 13.9. The van der Waals surface area contributed by atoms with Gasteiger partial charge in [-0.15, -0.1) is 0 Å². The zero-order chi connectivity index (χ0) is 15.2. The molecule has 1 rings (SSSR count). The van der Waals surface area contributed by atoms with E-state index < -0.39 is 0 Å². The van der Waals surface area contributed by atoms with Crippen LogP contribution in [0.1, 0.15) is 97.3 Å². The summed E-state index contributed by atoms with van der Waals surface area (Å²) in [6.07, 6.45) is 18.8. The summed E-state index contributed by atoms with van der Waals surface area (Å²) in [7, 11) is 0. The van der Waals surface area contributed by atoms with Crippen LogP contribution in [-0.4, -0.2) is 23.6 Å². The molecule has 1 fully saturated rings. The first-order chi connectivity index (χ1) is 10.4. The summed E-state index contributed by atoms with van der Waals surface area (Å²) in [6, 6.07) is 0.765. The van der Waals surface area contributed by atoms with Crippen molar-refractivity contribution in [3.05, 3.63) is 0 Å². The van der Waals surface area contributed by atoms with E-state index in [-0.39, 0.29) is 0 Å². The van der Waals surface area contributed by atoms with Gasteiger partial charge in [-0.2, -0.15) is 11.8 Å². The molecule has 0 aromatic heterocycles. The van der Waals surface area contributed by atoms with Gasteiger partial charge in [-0.3, -0.25) is 0 Å². The van der Waals surface area contributed by atoms with Crippen molar-refractivity contribution in [1.82, 2.24) is 5.32 Å². The maximum atomic E-state index is 3.70. The van der Waals surface area contributed by atoms with E-state index in [9.17, 15) is 0 Å². The van der Waals surface area contributed by atoms with Crippen LogP contribution < -0.4 is 5.32 Å². The van der Waals surface area contributed by atoms with Crippen LogP contribution in [0.15, 0.2) is 0 Å². The number of hydrogen-bond donors (Lipinski definition) is 1. The lowest BCUT2D eigenvalue weighted by Gasteiger charge is -2.19.